The highest BCUT2D eigenvalue weighted by Gasteiger charge is 2.43. The van der Waals surface area contributed by atoms with Gasteiger partial charge >= 0.3 is 24.3 Å². The van der Waals surface area contributed by atoms with E-state index in [0.29, 0.717) is 0 Å². The number of esters is 1. The number of nitrogens with zero attached hydrogens (tertiary/aromatic N) is 2. The van der Waals surface area contributed by atoms with E-state index in [4.69, 9.17) is 4.74 Å². The zero-order valence-corrected chi connectivity index (χ0v) is 14.4. The zero-order chi connectivity index (χ0) is 22.6. The fourth-order valence-electron chi connectivity index (χ4n) is 2.26. The first-order valence-electron chi connectivity index (χ1n) is 7.66. The van der Waals surface area contributed by atoms with Crippen LogP contribution in [0.25, 0.3) is 0 Å². The van der Waals surface area contributed by atoms with Gasteiger partial charge in [-0.25, -0.2) is 4.79 Å². The number of hydrogen-bond donors (Lipinski definition) is 0. The summed E-state index contributed by atoms with van der Waals surface area (Å²) in [5.41, 5.74) is -4.57. The van der Waals surface area contributed by atoms with Gasteiger partial charge in [0, 0.05) is 0 Å². The van der Waals surface area contributed by atoms with Crippen molar-refractivity contribution in [3.8, 4) is 23.6 Å². The van der Waals surface area contributed by atoms with Crippen LogP contribution in [0.15, 0.2) is 48.5 Å². The number of para-hydroxylation sites is 2. The second-order valence-electron chi connectivity index (χ2n) is 5.38. The zero-order valence-electron chi connectivity index (χ0n) is 14.4. The Morgan fingerprint density at radius 1 is 0.767 bits per heavy atom. The number of carbonyl (C=O) groups is 1. The molecule has 12 heteroatoms. The topological polar surface area (TPSA) is 92.3 Å². The van der Waals surface area contributed by atoms with Gasteiger partial charge < -0.3 is 14.2 Å². The Morgan fingerprint density at radius 3 is 1.77 bits per heavy atom. The van der Waals surface area contributed by atoms with Gasteiger partial charge in [0.15, 0.2) is 0 Å². The van der Waals surface area contributed by atoms with E-state index in [0.717, 1.165) is 48.5 Å². The maximum atomic E-state index is 12.6. The van der Waals surface area contributed by atoms with Crippen molar-refractivity contribution in [2.45, 2.75) is 18.3 Å². The maximum absolute atomic E-state index is 12.6. The van der Waals surface area contributed by atoms with Crippen LogP contribution in [0, 0.1) is 22.7 Å². The van der Waals surface area contributed by atoms with Crippen LogP contribution in [0.1, 0.15) is 15.9 Å². The number of nitriles is 2. The smallest absolute Gasteiger partial charge is 0.422 e. The van der Waals surface area contributed by atoms with Gasteiger partial charge in [-0.1, -0.05) is 24.3 Å². The van der Waals surface area contributed by atoms with Gasteiger partial charge in [0.2, 0.25) is 0 Å². The normalized spacial score (nSPS) is 11.7. The Labute approximate surface area is 164 Å². The third kappa shape index (κ3) is 5.32. The minimum Gasteiger partial charge on any atom is -0.422 e. The molecule has 0 saturated heterocycles. The van der Waals surface area contributed by atoms with Crippen LogP contribution in [0.2, 0.25) is 0 Å². The fourth-order valence-corrected chi connectivity index (χ4v) is 2.26. The standard InChI is InChI=1S/C18H8F6N2O4/c19-17(20,21)28-13-7-3-1-5-11(13)15(27)30-16(9-25,10-26)12-6-2-4-8-14(12)29-18(22,23)24/h1-8H. The van der Waals surface area contributed by atoms with Crippen molar-refractivity contribution in [3.63, 3.8) is 0 Å². The second kappa shape index (κ2) is 8.21. The molecule has 0 spiro atoms. The predicted octanol–water partition coefficient (Wildman–Crippen LogP) is 4.58. The Balaban J connectivity index is 2.49. The van der Waals surface area contributed by atoms with E-state index >= 15 is 0 Å². The van der Waals surface area contributed by atoms with Crippen LogP contribution in [-0.4, -0.2) is 18.7 Å². The minimum atomic E-state index is -5.20. The Morgan fingerprint density at radius 2 is 1.23 bits per heavy atom. The van der Waals surface area contributed by atoms with Gasteiger partial charge in [-0.2, -0.15) is 10.5 Å². The number of ether oxygens (including phenoxy) is 3. The lowest BCUT2D eigenvalue weighted by molar-refractivity contribution is -0.275. The molecular weight excluding hydrogens is 422 g/mol. The quantitative estimate of drug-likeness (QED) is 0.509. The lowest BCUT2D eigenvalue weighted by Gasteiger charge is -2.23. The number of halogens is 6. The van der Waals surface area contributed by atoms with E-state index in [1.807, 2.05) is 0 Å². The average Bonchev–Trinajstić information content (AvgIpc) is 2.64. The molecule has 0 N–H and O–H groups in total. The van der Waals surface area contributed by atoms with Crippen LogP contribution < -0.4 is 9.47 Å². The summed E-state index contributed by atoms with van der Waals surface area (Å²) in [6, 6.07) is 10.2. The molecular formula is C18H8F6N2O4. The second-order valence-corrected chi connectivity index (χ2v) is 5.38. The molecule has 0 fully saturated rings. The van der Waals surface area contributed by atoms with Crippen LogP contribution in [0.4, 0.5) is 26.3 Å². The van der Waals surface area contributed by atoms with Crippen molar-refractivity contribution in [2.75, 3.05) is 0 Å². The molecule has 2 aromatic rings. The van der Waals surface area contributed by atoms with Crippen LogP contribution in [-0.2, 0) is 10.3 Å². The summed E-state index contributed by atoms with van der Waals surface area (Å²) < 4.78 is 87.7. The molecule has 30 heavy (non-hydrogen) atoms. The number of carbonyl (C=O) groups excluding carboxylic acids is 1. The van der Waals surface area contributed by atoms with Crippen molar-refractivity contribution in [2.24, 2.45) is 0 Å². The predicted molar refractivity (Wildman–Crippen MR) is 84.6 cm³/mol. The summed E-state index contributed by atoms with van der Waals surface area (Å²) in [5.74, 6) is -3.64. The molecule has 0 heterocycles. The van der Waals surface area contributed by atoms with Crippen molar-refractivity contribution >= 4 is 5.97 Å². The number of alkyl halides is 6. The van der Waals surface area contributed by atoms with Gasteiger partial charge in [0.25, 0.3) is 0 Å². The summed E-state index contributed by atoms with van der Waals surface area (Å²) in [4.78, 5) is 12.4. The molecule has 0 unspecified atom stereocenters. The number of hydrogen-bond acceptors (Lipinski definition) is 6. The molecule has 0 aromatic heterocycles. The third-order valence-electron chi connectivity index (χ3n) is 3.39. The van der Waals surface area contributed by atoms with E-state index < -0.39 is 46.9 Å². The van der Waals surface area contributed by atoms with Crippen molar-refractivity contribution < 1.29 is 45.3 Å². The summed E-state index contributed by atoms with van der Waals surface area (Å²) in [6.45, 7) is 0. The van der Waals surface area contributed by atoms with Crippen LogP contribution >= 0.6 is 0 Å². The molecule has 0 saturated carbocycles. The van der Waals surface area contributed by atoms with Crippen LogP contribution in [0.5, 0.6) is 11.5 Å². The summed E-state index contributed by atoms with van der Waals surface area (Å²) in [6.07, 6.45) is -10.4. The summed E-state index contributed by atoms with van der Waals surface area (Å²) >= 11 is 0. The molecule has 0 radical (unpaired) electrons. The lowest BCUT2D eigenvalue weighted by atomic mass is 9.95. The van der Waals surface area contributed by atoms with Gasteiger partial charge in [-0.15, -0.1) is 26.3 Å². The molecule has 0 aliphatic rings. The van der Waals surface area contributed by atoms with Gasteiger partial charge in [-0.3, -0.25) is 0 Å². The molecule has 0 aliphatic heterocycles. The Bertz CT molecular complexity index is 1010. The van der Waals surface area contributed by atoms with E-state index in [2.05, 4.69) is 9.47 Å². The van der Waals surface area contributed by atoms with E-state index in [1.165, 1.54) is 12.1 Å². The van der Waals surface area contributed by atoms with Gasteiger partial charge in [-0.05, 0) is 24.3 Å². The molecule has 0 bridgehead atoms. The van der Waals surface area contributed by atoms with E-state index in [-0.39, 0.29) is 0 Å². The minimum absolute atomic E-state index is 0.765. The summed E-state index contributed by atoms with van der Waals surface area (Å²) in [5, 5.41) is 18.8. The SMILES string of the molecule is N#CC(C#N)(OC(=O)c1ccccc1OC(F)(F)F)c1ccccc1OC(F)(F)F. The number of benzene rings is 2. The lowest BCUT2D eigenvalue weighted by Crippen LogP contribution is -2.31. The molecule has 0 atom stereocenters. The molecule has 156 valence electrons. The maximum Gasteiger partial charge on any atom is 0.573 e. The first kappa shape index (κ1) is 22.4. The molecule has 0 aliphatic carbocycles. The highest BCUT2D eigenvalue weighted by molar-refractivity contribution is 5.93. The van der Waals surface area contributed by atoms with Gasteiger partial charge in [0.1, 0.15) is 29.2 Å². The largest absolute Gasteiger partial charge is 0.573 e. The highest BCUT2D eigenvalue weighted by Crippen LogP contribution is 2.37. The monoisotopic (exact) mass is 430 g/mol. The highest BCUT2D eigenvalue weighted by atomic mass is 19.4. The van der Waals surface area contributed by atoms with E-state index in [9.17, 15) is 41.7 Å². The molecule has 6 nitrogen and oxygen atoms in total. The molecule has 2 rings (SSSR count). The van der Waals surface area contributed by atoms with E-state index in [1.54, 1.807) is 0 Å². The first-order chi connectivity index (χ1) is 13.9. The molecule has 2 aromatic carbocycles. The third-order valence-corrected chi connectivity index (χ3v) is 3.39. The molecule has 0 amide bonds. The van der Waals surface area contributed by atoms with Crippen molar-refractivity contribution in [1.82, 2.24) is 0 Å². The van der Waals surface area contributed by atoms with Crippen molar-refractivity contribution in [3.05, 3.63) is 59.7 Å². The first-order valence-corrected chi connectivity index (χ1v) is 7.66. The average molecular weight is 430 g/mol. The Hall–Kier alpha value is -3.93. The number of rotatable bonds is 5. The Kier molecular flexibility index (Phi) is 6.12. The van der Waals surface area contributed by atoms with Crippen LogP contribution in [0.3, 0.4) is 0 Å². The fraction of sp³-hybridized carbons (Fsp3) is 0.167. The summed E-state index contributed by atoms with van der Waals surface area (Å²) in [7, 11) is 0. The van der Waals surface area contributed by atoms with Crippen molar-refractivity contribution in [1.29, 1.82) is 10.5 Å². The van der Waals surface area contributed by atoms with Gasteiger partial charge in [0.05, 0.1) is 5.56 Å².